The van der Waals surface area contributed by atoms with E-state index in [0.717, 1.165) is 16.8 Å². The summed E-state index contributed by atoms with van der Waals surface area (Å²) in [6.07, 6.45) is -4.81. The molecule has 0 aliphatic rings. The first-order valence-corrected chi connectivity index (χ1v) is 8.76. The van der Waals surface area contributed by atoms with Gasteiger partial charge in [0.2, 0.25) is 0 Å². The molecule has 0 spiro atoms. The number of hydrogen-bond acceptors (Lipinski definition) is 5. The van der Waals surface area contributed by atoms with Crippen LogP contribution in [0.25, 0.3) is 16.5 Å². The van der Waals surface area contributed by atoms with Crippen LogP contribution >= 0.6 is 11.3 Å². The quantitative estimate of drug-likeness (QED) is 0.732. The van der Waals surface area contributed by atoms with E-state index in [4.69, 9.17) is 0 Å². The molecule has 0 radical (unpaired) electrons. The largest absolute Gasteiger partial charge is 0.573 e. The Morgan fingerprint density at radius 3 is 2.41 bits per heavy atom. The van der Waals surface area contributed by atoms with Crippen molar-refractivity contribution < 1.29 is 22.7 Å². The van der Waals surface area contributed by atoms with Gasteiger partial charge in [-0.15, -0.1) is 13.2 Å². The lowest BCUT2D eigenvalue weighted by Crippen LogP contribution is -2.33. The van der Waals surface area contributed by atoms with Crippen LogP contribution in [0.4, 0.5) is 13.2 Å². The number of alkyl halides is 3. The standard InChI is InChI=1S/C17H14F3N3O3S/c1-9(2)21-15(24)14-12-7-27-8-13(12)16(25)23(22-14)10-3-5-11(6-4-10)26-17(18,19)20/h3-9H,1-2H3,(H,21,24). The average molecular weight is 397 g/mol. The lowest BCUT2D eigenvalue weighted by molar-refractivity contribution is -0.274. The third kappa shape index (κ3) is 4.11. The monoisotopic (exact) mass is 397 g/mol. The van der Waals surface area contributed by atoms with E-state index in [-0.39, 0.29) is 17.4 Å². The second-order valence-electron chi connectivity index (χ2n) is 5.93. The molecule has 3 aromatic rings. The Morgan fingerprint density at radius 2 is 1.81 bits per heavy atom. The van der Waals surface area contributed by atoms with Gasteiger partial charge in [-0.1, -0.05) is 0 Å². The molecule has 0 atom stereocenters. The minimum atomic E-state index is -4.81. The molecule has 0 saturated heterocycles. The zero-order valence-corrected chi connectivity index (χ0v) is 15.0. The van der Waals surface area contributed by atoms with E-state index in [1.807, 2.05) is 0 Å². The van der Waals surface area contributed by atoms with Crippen LogP contribution in [0.1, 0.15) is 24.3 Å². The van der Waals surface area contributed by atoms with E-state index >= 15 is 0 Å². The topological polar surface area (TPSA) is 73.2 Å². The summed E-state index contributed by atoms with van der Waals surface area (Å²) < 4.78 is 41.6. The fourth-order valence-corrected chi connectivity index (χ4v) is 3.23. The summed E-state index contributed by atoms with van der Waals surface area (Å²) in [6, 6.07) is 4.54. The smallest absolute Gasteiger partial charge is 0.406 e. The SMILES string of the molecule is CC(C)NC(=O)c1nn(-c2ccc(OC(F)(F)F)cc2)c(=O)c2cscc12. The fraction of sp³-hybridized carbons (Fsp3) is 0.235. The molecule has 0 bridgehead atoms. The van der Waals surface area contributed by atoms with Crippen LogP contribution in [-0.4, -0.2) is 28.1 Å². The number of carbonyl (C=O) groups is 1. The second kappa shape index (κ2) is 7.03. The second-order valence-corrected chi connectivity index (χ2v) is 6.68. The predicted octanol–water partition coefficient (Wildman–Crippen LogP) is 3.48. The number of aromatic nitrogens is 2. The van der Waals surface area contributed by atoms with Crippen molar-refractivity contribution in [2.45, 2.75) is 26.3 Å². The van der Waals surface area contributed by atoms with E-state index in [1.165, 1.54) is 23.5 Å². The number of benzene rings is 1. The van der Waals surface area contributed by atoms with Crippen LogP contribution in [-0.2, 0) is 0 Å². The van der Waals surface area contributed by atoms with Gasteiger partial charge in [-0.05, 0) is 38.1 Å². The highest BCUT2D eigenvalue weighted by Crippen LogP contribution is 2.24. The zero-order chi connectivity index (χ0) is 19.8. The van der Waals surface area contributed by atoms with Crippen LogP contribution in [0, 0.1) is 0 Å². The van der Waals surface area contributed by atoms with Gasteiger partial charge in [0.25, 0.3) is 11.5 Å². The lowest BCUT2D eigenvalue weighted by atomic mass is 10.2. The third-order valence-electron chi connectivity index (χ3n) is 3.49. The first-order chi connectivity index (χ1) is 12.7. The number of rotatable bonds is 4. The minimum Gasteiger partial charge on any atom is -0.406 e. The van der Waals surface area contributed by atoms with Crippen molar-refractivity contribution in [2.24, 2.45) is 0 Å². The fourth-order valence-electron chi connectivity index (χ4n) is 2.42. The average Bonchev–Trinajstić information content (AvgIpc) is 3.04. The van der Waals surface area contributed by atoms with E-state index < -0.39 is 23.6 Å². The van der Waals surface area contributed by atoms with Crippen molar-refractivity contribution in [3.8, 4) is 11.4 Å². The van der Waals surface area contributed by atoms with Gasteiger partial charge >= 0.3 is 6.36 Å². The molecule has 0 aliphatic heterocycles. The van der Waals surface area contributed by atoms with Gasteiger partial charge in [-0.25, -0.2) is 0 Å². The van der Waals surface area contributed by atoms with E-state index in [0.29, 0.717) is 10.8 Å². The molecule has 0 aliphatic carbocycles. The Balaban J connectivity index is 2.08. The lowest BCUT2D eigenvalue weighted by Gasteiger charge is -2.12. The van der Waals surface area contributed by atoms with Crippen molar-refractivity contribution in [2.75, 3.05) is 0 Å². The van der Waals surface area contributed by atoms with Gasteiger partial charge in [0.15, 0.2) is 5.69 Å². The molecule has 6 nitrogen and oxygen atoms in total. The van der Waals surface area contributed by atoms with Crippen molar-refractivity contribution >= 4 is 28.0 Å². The van der Waals surface area contributed by atoms with Gasteiger partial charge in [-0.2, -0.15) is 21.1 Å². The Hall–Kier alpha value is -2.88. The Kier molecular flexibility index (Phi) is 4.92. The number of nitrogens with zero attached hydrogens (tertiary/aromatic N) is 2. The number of amides is 1. The van der Waals surface area contributed by atoms with Crippen molar-refractivity contribution in [1.82, 2.24) is 15.1 Å². The molecule has 3 rings (SSSR count). The highest BCUT2D eigenvalue weighted by molar-refractivity contribution is 7.09. The molecular formula is C17H14F3N3O3S. The number of hydrogen-bond donors (Lipinski definition) is 1. The molecule has 1 N–H and O–H groups in total. The van der Waals surface area contributed by atoms with Crippen LogP contribution in [0.5, 0.6) is 5.75 Å². The molecule has 1 amide bonds. The van der Waals surface area contributed by atoms with Gasteiger partial charge in [0.1, 0.15) is 5.75 Å². The van der Waals surface area contributed by atoms with Crippen molar-refractivity contribution in [3.05, 3.63) is 51.1 Å². The van der Waals surface area contributed by atoms with E-state index in [2.05, 4.69) is 15.2 Å². The number of fused-ring (bicyclic) bond motifs is 1. The van der Waals surface area contributed by atoms with Gasteiger partial charge in [-0.3, -0.25) is 9.59 Å². The highest BCUT2D eigenvalue weighted by Gasteiger charge is 2.31. The predicted molar refractivity (Wildman–Crippen MR) is 94.5 cm³/mol. The maximum atomic E-state index is 12.7. The van der Waals surface area contributed by atoms with Crippen LogP contribution in [0.2, 0.25) is 0 Å². The summed E-state index contributed by atoms with van der Waals surface area (Å²) in [6.45, 7) is 3.58. The summed E-state index contributed by atoms with van der Waals surface area (Å²) in [4.78, 5) is 25.1. The number of carbonyl (C=O) groups excluding carboxylic acids is 1. The molecule has 10 heteroatoms. The van der Waals surface area contributed by atoms with Crippen molar-refractivity contribution in [3.63, 3.8) is 0 Å². The number of nitrogens with one attached hydrogen (secondary N) is 1. The van der Waals surface area contributed by atoms with Gasteiger partial charge < -0.3 is 10.1 Å². The summed E-state index contributed by atoms with van der Waals surface area (Å²) in [7, 11) is 0. The molecule has 0 unspecified atom stereocenters. The van der Waals surface area contributed by atoms with Crippen LogP contribution in [0.3, 0.4) is 0 Å². The Bertz CT molecular complexity index is 1040. The molecule has 0 saturated carbocycles. The normalized spacial score (nSPS) is 11.8. The molecule has 2 heterocycles. The van der Waals surface area contributed by atoms with Crippen molar-refractivity contribution in [1.29, 1.82) is 0 Å². The summed E-state index contributed by atoms with van der Waals surface area (Å²) in [5.41, 5.74) is -0.201. The van der Waals surface area contributed by atoms with E-state index in [1.54, 1.807) is 24.6 Å². The maximum absolute atomic E-state index is 12.7. The molecule has 0 fully saturated rings. The number of ether oxygens (including phenoxy) is 1. The Labute approximate surface area is 155 Å². The zero-order valence-electron chi connectivity index (χ0n) is 14.2. The molecular weight excluding hydrogens is 383 g/mol. The maximum Gasteiger partial charge on any atom is 0.573 e. The number of thiophene rings is 1. The third-order valence-corrected chi connectivity index (χ3v) is 4.23. The number of halogens is 3. The highest BCUT2D eigenvalue weighted by atomic mass is 32.1. The first-order valence-electron chi connectivity index (χ1n) is 7.82. The van der Waals surface area contributed by atoms with E-state index in [9.17, 15) is 22.8 Å². The van der Waals surface area contributed by atoms with Crippen LogP contribution < -0.4 is 15.6 Å². The summed E-state index contributed by atoms with van der Waals surface area (Å²) in [5, 5.41) is 10.8. The van der Waals surface area contributed by atoms with Gasteiger partial charge in [0, 0.05) is 22.2 Å². The molecule has 1 aromatic carbocycles. The molecule has 27 heavy (non-hydrogen) atoms. The van der Waals surface area contributed by atoms with Gasteiger partial charge in [0.05, 0.1) is 11.1 Å². The summed E-state index contributed by atoms with van der Waals surface area (Å²) >= 11 is 1.25. The summed E-state index contributed by atoms with van der Waals surface area (Å²) in [5.74, 6) is -0.868. The first kappa shape index (κ1) is 18.9. The Morgan fingerprint density at radius 1 is 1.19 bits per heavy atom. The minimum absolute atomic E-state index is 0.0650. The van der Waals surface area contributed by atoms with Crippen LogP contribution in [0.15, 0.2) is 39.8 Å². The molecule has 142 valence electrons. The molecule has 2 aromatic heterocycles.